The zero-order valence-electron chi connectivity index (χ0n) is 7.02. The molecule has 42 valence electrons. The molecule has 0 bridgehead atoms. The number of hydrogen-bond donors (Lipinski definition) is 0. The molecule has 0 spiro atoms. The van der Waals surface area contributed by atoms with Gasteiger partial charge in [-0.2, -0.15) is 0 Å². The van der Waals surface area contributed by atoms with Gasteiger partial charge in [-0.25, -0.2) is 6.20 Å². The Morgan fingerprint density at radius 1 is 1.30 bits per heavy atom. The van der Waals surface area contributed by atoms with Gasteiger partial charge in [0.05, 0.1) is 0 Å². The number of aryl methyl sites for hydroxylation is 2. The van der Waals surface area contributed by atoms with Crippen molar-refractivity contribution in [3.05, 3.63) is 29.6 Å². The molecule has 0 aliphatic rings. The van der Waals surface area contributed by atoms with Crippen molar-refractivity contribution in [3.63, 3.8) is 0 Å². The van der Waals surface area contributed by atoms with Crippen LogP contribution in [-0.4, -0.2) is 4.98 Å². The summed E-state index contributed by atoms with van der Waals surface area (Å²) in [6.45, 7) is 3.90. The first kappa shape index (κ1) is 15.2. The summed E-state index contributed by atoms with van der Waals surface area (Å²) in [4.78, 5) is 3.83. The van der Waals surface area contributed by atoms with Gasteiger partial charge in [0.1, 0.15) is 0 Å². The maximum Gasteiger partial charge on any atom is 1.00 e. The van der Waals surface area contributed by atoms with Crippen LogP contribution in [0.5, 0.6) is 0 Å². The van der Waals surface area contributed by atoms with Crippen molar-refractivity contribution in [2.75, 3.05) is 0 Å². The van der Waals surface area contributed by atoms with Gasteiger partial charge in [-0.15, -0.1) is 0 Å². The van der Waals surface area contributed by atoms with E-state index in [2.05, 4.69) is 17.2 Å². The van der Waals surface area contributed by atoms with Gasteiger partial charge in [-0.1, -0.05) is 13.8 Å². The van der Waals surface area contributed by atoms with Crippen molar-refractivity contribution in [1.29, 1.82) is 0 Å². The molecule has 1 nitrogen and oxygen atoms in total. The zero-order chi connectivity index (χ0) is 5.98. The second kappa shape index (κ2) is 8.36. The average molecular weight is 276 g/mol. The first-order valence-corrected chi connectivity index (χ1v) is 2.52. The molecule has 0 atom stereocenters. The van der Waals surface area contributed by atoms with Crippen LogP contribution in [0.1, 0.15) is 11.1 Å². The van der Waals surface area contributed by atoms with Crippen molar-refractivity contribution in [3.8, 4) is 0 Å². The minimum atomic E-state index is 0. The predicted octanol–water partition coefficient (Wildman–Crippen LogP) is -4.69. The van der Waals surface area contributed by atoms with Gasteiger partial charge < -0.3 is 11.1 Å². The summed E-state index contributed by atoms with van der Waals surface area (Å²) >= 11 is 0. The summed E-state index contributed by atoms with van der Waals surface area (Å²) in [5.41, 5.74) is 2.05. The number of hydrogen-bond acceptors (Lipinski definition) is 1. The molecule has 10 heavy (non-hydrogen) atoms. The molecule has 0 aromatic carbocycles. The summed E-state index contributed by atoms with van der Waals surface area (Å²) < 4.78 is 0. The van der Waals surface area contributed by atoms with Crippen LogP contribution in [0.2, 0.25) is 0 Å². The summed E-state index contributed by atoms with van der Waals surface area (Å²) in [5.74, 6) is 0. The summed E-state index contributed by atoms with van der Waals surface area (Å²) in [5, 5.41) is 0. The van der Waals surface area contributed by atoms with E-state index in [1.54, 1.807) is 6.20 Å². The summed E-state index contributed by atoms with van der Waals surface area (Å²) in [6, 6.07) is 3.05. The molecule has 0 N–H and O–H groups in total. The molecule has 1 heterocycles. The molecular formula is C7H7NRb2. The molecule has 1 rings (SSSR count). The fraction of sp³-hybridized carbons (Fsp3) is 0.286. The summed E-state index contributed by atoms with van der Waals surface area (Å²) in [6.07, 6.45) is 4.51. The number of rotatable bonds is 0. The Kier molecular flexibility index (Phi) is 12.7. The van der Waals surface area contributed by atoms with Crippen molar-refractivity contribution in [2.45, 2.75) is 13.8 Å². The predicted molar refractivity (Wildman–Crippen MR) is 31.4 cm³/mol. The molecule has 0 aliphatic heterocycles. The van der Waals surface area contributed by atoms with E-state index in [0.717, 1.165) is 11.1 Å². The van der Waals surface area contributed by atoms with E-state index in [4.69, 9.17) is 0 Å². The number of aromatic nitrogens is 1. The van der Waals surface area contributed by atoms with Crippen LogP contribution in [0.3, 0.4) is 0 Å². The van der Waals surface area contributed by atoms with Crippen LogP contribution in [0, 0.1) is 26.1 Å². The van der Waals surface area contributed by atoms with Crippen molar-refractivity contribution < 1.29 is 116 Å². The van der Waals surface area contributed by atoms with E-state index in [1.807, 2.05) is 13.8 Å². The van der Waals surface area contributed by atoms with Crippen LogP contribution in [0.4, 0.5) is 0 Å². The molecule has 0 aliphatic carbocycles. The third-order valence-corrected chi connectivity index (χ3v) is 0.875. The van der Waals surface area contributed by atoms with E-state index in [1.165, 1.54) is 0 Å². The van der Waals surface area contributed by atoms with E-state index in [9.17, 15) is 0 Å². The first-order valence-electron chi connectivity index (χ1n) is 2.52. The molecule has 1 aromatic heterocycles. The van der Waals surface area contributed by atoms with Crippen molar-refractivity contribution in [1.82, 2.24) is 4.98 Å². The Balaban J connectivity index is 0. The van der Waals surface area contributed by atoms with Gasteiger partial charge in [-0.05, 0) is 0 Å². The fourth-order valence-corrected chi connectivity index (χ4v) is 0.582. The molecule has 0 saturated heterocycles. The molecular weight excluding hydrogens is 269 g/mol. The zero-order valence-corrected chi connectivity index (χ0v) is 16.9. The van der Waals surface area contributed by atoms with Crippen molar-refractivity contribution in [2.24, 2.45) is 0 Å². The normalized spacial score (nSPS) is 7.40. The Hall–Kier alpha value is 2.76. The molecule has 0 unspecified atom stereocenters. The Morgan fingerprint density at radius 2 is 1.90 bits per heavy atom. The van der Waals surface area contributed by atoms with Crippen LogP contribution in [-0.2, 0) is 0 Å². The average Bonchev–Trinajstić information content (AvgIpc) is 1.64. The molecule has 3 heteroatoms. The largest absolute Gasteiger partial charge is 1.00 e. The molecule has 1 aromatic rings. The molecule has 0 fully saturated rings. The maximum atomic E-state index is 3.83. The Bertz CT molecular complexity index is 171. The third kappa shape index (κ3) is 6.30. The summed E-state index contributed by atoms with van der Waals surface area (Å²) in [7, 11) is 0. The first-order chi connectivity index (χ1) is 3.79. The Labute approximate surface area is 160 Å². The van der Waals surface area contributed by atoms with Gasteiger partial charge in [0.15, 0.2) is 0 Å². The van der Waals surface area contributed by atoms with E-state index in [-0.39, 0.29) is 116 Å². The van der Waals surface area contributed by atoms with Crippen LogP contribution in [0.15, 0.2) is 6.20 Å². The van der Waals surface area contributed by atoms with Crippen LogP contribution >= 0.6 is 0 Å². The third-order valence-electron chi connectivity index (χ3n) is 0.875. The van der Waals surface area contributed by atoms with Gasteiger partial charge in [0, 0.05) is 0 Å². The van der Waals surface area contributed by atoms with Gasteiger partial charge >= 0.3 is 116 Å². The SMILES string of the molecule is Cc1[c-]ncc(C)[c-]1.[Rb+].[Rb+]. The number of pyridine rings is 1. The van der Waals surface area contributed by atoms with Crippen LogP contribution < -0.4 is 116 Å². The standard InChI is InChI=1S/C7H7N.2Rb/c1-6-3-7(2)5-8-4-6;;/h4H,1-2H3;;/q-2;2*+1. The molecule has 0 saturated carbocycles. The quantitative estimate of drug-likeness (QED) is 0.434. The van der Waals surface area contributed by atoms with E-state index in [0.29, 0.717) is 0 Å². The minimum Gasteiger partial charge on any atom is -0.528 e. The smallest absolute Gasteiger partial charge is 0.528 e. The second-order valence-corrected chi connectivity index (χ2v) is 1.80. The topological polar surface area (TPSA) is 12.9 Å². The molecule has 0 radical (unpaired) electrons. The monoisotopic (exact) mass is 275 g/mol. The van der Waals surface area contributed by atoms with Gasteiger partial charge in [0.25, 0.3) is 0 Å². The van der Waals surface area contributed by atoms with E-state index >= 15 is 0 Å². The fourth-order valence-electron chi connectivity index (χ4n) is 0.582. The van der Waals surface area contributed by atoms with E-state index < -0.39 is 0 Å². The minimum absolute atomic E-state index is 0. The Morgan fingerprint density at radius 3 is 2.20 bits per heavy atom. The van der Waals surface area contributed by atoms with Crippen molar-refractivity contribution >= 4 is 0 Å². The number of nitrogens with zero attached hydrogens (tertiary/aromatic N) is 1. The van der Waals surface area contributed by atoms with Gasteiger partial charge in [0.2, 0.25) is 0 Å². The maximum absolute atomic E-state index is 3.83. The van der Waals surface area contributed by atoms with Gasteiger partial charge in [-0.3, -0.25) is 17.3 Å². The molecule has 0 amide bonds. The van der Waals surface area contributed by atoms with Crippen LogP contribution in [0.25, 0.3) is 0 Å². The second-order valence-electron chi connectivity index (χ2n) is 1.80.